The Morgan fingerprint density at radius 1 is 1.27 bits per heavy atom. The van der Waals surface area contributed by atoms with Gasteiger partial charge in [0.25, 0.3) is 0 Å². The maximum Gasteiger partial charge on any atom is 0.148 e. The van der Waals surface area contributed by atoms with Crippen molar-refractivity contribution in [3.05, 3.63) is 18.3 Å². The van der Waals surface area contributed by atoms with E-state index in [0.29, 0.717) is 12.1 Å². The van der Waals surface area contributed by atoms with E-state index in [4.69, 9.17) is 4.74 Å². The predicted molar refractivity (Wildman–Crippen MR) is 87.0 cm³/mol. The summed E-state index contributed by atoms with van der Waals surface area (Å²) in [5, 5.41) is 11.5. The minimum atomic E-state index is 0.523. The van der Waals surface area contributed by atoms with Crippen molar-refractivity contribution >= 4 is 5.82 Å². The van der Waals surface area contributed by atoms with Gasteiger partial charge in [-0.25, -0.2) is 0 Å². The van der Waals surface area contributed by atoms with E-state index in [1.54, 1.807) is 6.20 Å². The summed E-state index contributed by atoms with van der Waals surface area (Å²) >= 11 is 0. The summed E-state index contributed by atoms with van der Waals surface area (Å²) < 4.78 is 5.50. The Morgan fingerprint density at radius 3 is 2.86 bits per heavy atom. The molecule has 6 heteroatoms. The molecule has 0 bridgehead atoms. The molecule has 0 spiro atoms. The highest BCUT2D eigenvalue weighted by Crippen LogP contribution is 2.15. The zero-order chi connectivity index (χ0) is 15.2. The van der Waals surface area contributed by atoms with E-state index in [9.17, 15) is 0 Å². The molecule has 6 nitrogen and oxygen atoms in total. The molecule has 3 rings (SSSR count). The third-order valence-electron chi connectivity index (χ3n) is 4.72. The molecule has 1 atom stereocenters. The number of piperidine rings is 1. The second kappa shape index (κ2) is 7.85. The van der Waals surface area contributed by atoms with Crippen molar-refractivity contribution < 1.29 is 4.74 Å². The van der Waals surface area contributed by atoms with Gasteiger partial charge in [0, 0.05) is 51.0 Å². The van der Waals surface area contributed by atoms with Crippen LogP contribution in [0.15, 0.2) is 18.3 Å². The van der Waals surface area contributed by atoms with Crippen molar-refractivity contribution in [1.82, 2.24) is 20.0 Å². The standard InChI is InChI=1S/C16H27N5O/c1-14-13-22-12-11-21(14)10-9-20-7-4-15(5-8-20)18-16-3-2-6-17-19-16/h2-3,6,14-15H,4-5,7-13H2,1H3,(H,18,19). The van der Waals surface area contributed by atoms with Crippen LogP contribution < -0.4 is 5.32 Å². The molecule has 2 saturated heterocycles. The Labute approximate surface area is 132 Å². The fraction of sp³-hybridized carbons (Fsp3) is 0.750. The lowest BCUT2D eigenvalue weighted by molar-refractivity contribution is -0.00476. The first-order valence-corrected chi connectivity index (χ1v) is 8.39. The highest BCUT2D eigenvalue weighted by molar-refractivity contribution is 5.32. The first-order valence-electron chi connectivity index (χ1n) is 8.39. The summed E-state index contributed by atoms with van der Waals surface area (Å²) in [5.41, 5.74) is 0. The van der Waals surface area contributed by atoms with Crippen LogP contribution in [0.1, 0.15) is 19.8 Å². The minimum Gasteiger partial charge on any atom is -0.379 e. The van der Waals surface area contributed by atoms with Gasteiger partial charge in [0.2, 0.25) is 0 Å². The molecular formula is C16H27N5O. The Bertz CT molecular complexity index is 435. The summed E-state index contributed by atoms with van der Waals surface area (Å²) in [6.45, 7) is 9.75. The summed E-state index contributed by atoms with van der Waals surface area (Å²) in [4.78, 5) is 5.13. The number of ether oxygens (including phenoxy) is 1. The van der Waals surface area contributed by atoms with Gasteiger partial charge in [-0.3, -0.25) is 4.90 Å². The second-order valence-electron chi connectivity index (χ2n) is 6.33. The summed E-state index contributed by atoms with van der Waals surface area (Å²) in [5.74, 6) is 0.892. The van der Waals surface area contributed by atoms with Gasteiger partial charge in [-0.1, -0.05) is 0 Å². The van der Waals surface area contributed by atoms with Crippen LogP contribution in [0.2, 0.25) is 0 Å². The van der Waals surface area contributed by atoms with E-state index in [0.717, 1.165) is 45.2 Å². The fourth-order valence-corrected chi connectivity index (χ4v) is 3.25. The Balaban J connectivity index is 1.36. The zero-order valence-electron chi connectivity index (χ0n) is 13.4. The maximum atomic E-state index is 5.50. The molecule has 0 saturated carbocycles. The average Bonchev–Trinajstić information content (AvgIpc) is 2.56. The first-order chi connectivity index (χ1) is 10.8. The monoisotopic (exact) mass is 305 g/mol. The lowest BCUT2D eigenvalue weighted by Crippen LogP contribution is -2.48. The molecule has 0 aromatic carbocycles. The average molecular weight is 305 g/mol. The molecule has 122 valence electrons. The van der Waals surface area contributed by atoms with E-state index < -0.39 is 0 Å². The van der Waals surface area contributed by atoms with E-state index in [2.05, 4.69) is 32.2 Å². The number of nitrogens with one attached hydrogen (secondary N) is 1. The molecule has 2 fully saturated rings. The maximum absolute atomic E-state index is 5.50. The van der Waals surface area contributed by atoms with Gasteiger partial charge in [-0.2, -0.15) is 5.10 Å². The van der Waals surface area contributed by atoms with Gasteiger partial charge in [0.15, 0.2) is 0 Å². The van der Waals surface area contributed by atoms with Crippen LogP contribution in [-0.2, 0) is 4.74 Å². The van der Waals surface area contributed by atoms with Crippen molar-refractivity contribution in [3.63, 3.8) is 0 Å². The molecule has 1 N–H and O–H groups in total. The number of rotatable bonds is 5. The van der Waals surface area contributed by atoms with Crippen molar-refractivity contribution in [1.29, 1.82) is 0 Å². The molecule has 3 heterocycles. The van der Waals surface area contributed by atoms with Gasteiger partial charge >= 0.3 is 0 Å². The van der Waals surface area contributed by atoms with Crippen molar-refractivity contribution in [2.75, 3.05) is 51.3 Å². The molecule has 1 unspecified atom stereocenters. The fourth-order valence-electron chi connectivity index (χ4n) is 3.25. The molecule has 2 aliphatic heterocycles. The molecule has 1 aromatic heterocycles. The smallest absolute Gasteiger partial charge is 0.148 e. The molecule has 22 heavy (non-hydrogen) atoms. The number of nitrogens with zero attached hydrogens (tertiary/aromatic N) is 4. The highest BCUT2D eigenvalue weighted by atomic mass is 16.5. The van der Waals surface area contributed by atoms with Gasteiger partial charge in [-0.15, -0.1) is 5.10 Å². The molecule has 0 aliphatic carbocycles. The van der Waals surface area contributed by atoms with E-state index in [1.807, 2.05) is 12.1 Å². The summed E-state index contributed by atoms with van der Waals surface area (Å²) in [6, 6.07) is 4.99. The molecule has 2 aliphatic rings. The number of anilines is 1. The Kier molecular flexibility index (Phi) is 5.58. The van der Waals surface area contributed by atoms with Crippen molar-refractivity contribution in [3.8, 4) is 0 Å². The van der Waals surface area contributed by atoms with Crippen LogP contribution in [0, 0.1) is 0 Å². The van der Waals surface area contributed by atoms with Crippen LogP contribution >= 0.6 is 0 Å². The van der Waals surface area contributed by atoms with Gasteiger partial charge in [0.05, 0.1) is 13.2 Å². The summed E-state index contributed by atoms with van der Waals surface area (Å²) in [7, 11) is 0. The Hall–Kier alpha value is -1.24. The zero-order valence-corrected chi connectivity index (χ0v) is 13.4. The predicted octanol–water partition coefficient (Wildman–Crippen LogP) is 1.07. The highest BCUT2D eigenvalue weighted by Gasteiger charge is 2.22. The van der Waals surface area contributed by atoms with E-state index >= 15 is 0 Å². The molecule has 0 radical (unpaired) electrons. The van der Waals surface area contributed by atoms with Crippen LogP contribution in [0.3, 0.4) is 0 Å². The first kappa shape index (κ1) is 15.6. The summed E-state index contributed by atoms with van der Waals surface area (Å²) in [6.07, 6.45) is 4.06. The SMILES string of the molecule is CC1COCCN1CCN1CCC(Nc2cccnn2)CC1. The number of morpholine rings is 1. The molecule has 1 aromatic rings. The topological polar surface area (TPSA) is 53.5 Å². The van der Waals surface area contributed by atoms with Crippen LogP contribution in [0.5, 0.6) is 0 Å². The van der Waals surface area contributed by atoms with Crippen molar-refractivity contribution in [2.24, 2.45) is 0 Å². The third kappa shape index (κ3) is 4.38. The Morgan fingerprint density at radius 2 is 2.14 bits per heavy atom. The van der Waals surface area contributed by atoms with E-state index in [-0.39, 0.29) is 0 Å². The number of hydrogen-bond donors (Lipinski definition) is 1. The van der Waals surface area contributed by atoms with Gasteiger partial charge in [-0.05, 0) is 31.9 Å². The van der Waals surface area contributed by atoms with E-state index in [1.165, 1.54) is 19.4 Å². The normalized spacial score (nSPS) is 25.2. The van der Waals surface area contributed by atoms with Crippen molar-refractivity contribution in [2.45, 2.75) is 31.8 Å². The third-order valence-corrected chi connectivity index (χ3v) is 4.72. The number of aromatic nitrogens is 2. The van der Waals surface area contributed by atoms with Gasteiger partial charge in [0.1, 0.15) is 5.82 Å². The molecule has 0 amide bonds. The quantitative estimate of drug-likeness (QED) is 0.878. The largest absolute Gasteiger partial charge is 0.379 e. The van der Waals surface area contributed by atoms with Gasteiger partial charge < -0.3 is 15.0 Å². The van der Waals surface area contributed by atoms with Crippen LogP contribution in [0.4, 0.5) is 5.82 Å². The minimum absolute atomic E-state index is 0.523. The lowest BCUT2D eigenvalue weighted by Gasteiger charge is -2.37. The number of likely N-dealkylation sites (tertiary alicyclic amines) is 1. The second-order valence-corrected chi connectivity index (χ2v) is 6.33. The van der Waals surface area contributed by atoms with Crippen LogP contribution in [0.25, 0.3) is 0 Å². The lowest BCUT2D eigenvalue weighted by atomic mass is 10.1. The van der Waals surface area contributed by atoms with Crippen LogP contribution in [-0.4, -0.2) is 78.0 Å². The number of hydrogen-bond acceptors (Lipinski definition) is 6. The molecular weight excluding hydrogens is 278 g/mol.